The predicted molar refractivity (Wildman–Crippen MR) is 114 cm³/mol. The Kier molecular flexibility index (Phi) is 11.2. The maximum atomic E-state index is 6.23. The molecule has 9 heteroatoms. The van der Waals surface area contributed by atoms with E-state index in [4.69, 9.17) is 65.5 Å². The average molecular weight is 471 g/mol. The van der Waals surface area contributed by atoms with E-state index in [-0.39, 0.29) is 11.1 Å². The maximum Gasteiger partial charge on any atom is 0.156 e. The fourth-order valence-corrected chi connectivity index (χ4v) is 3.05. The molecule has 0 aromatic heterocycles. The third kappa shape index (κ3) is 9.12. The highest BCUT2D eigenvalue weighted by atomic mass is 35.5. The third-order valence-corrected chi connectivity index (χ3v) is 4.63. The Morgan fingerprint density at radius 1 is 1.07 bits per heavy atom. The van der Waals surface area contributed by atoms with Gasteiger partial charge in [0.05, 0.1) is 36.5 Å². The molecule has 1 aliphatic rings. The molecule has 0 atom stereocenters. The minimum atomic E-state index is 0.138. The van der Waals surface area contributed by atoms with Gasteiger partial charge in [0.25, 0.3) is 0 Å². The van der Waals surface area contributed by atoms with Crippen LogP contribution < -0.4 is 15.0 Å². The van der Waals surface area contributed by atoms with E-state index in [0.717, 1.165) is 38.0 Å². The Balaban J connectivity index is 1.61. The maximum absolute atomic E-state index is 6.23. The van der Waals surface area contributed by atoms with Gasteiger partial charge in [0.2, 0.25) is 0 Å². The van der Waals surface area contributed by atoms with Crippen LogP contribution in [0.4, 0.5) is 0 Å². The highest BCUT2D eigenvalue weighted by Gasteiger charge is 2.10. The van der Waals surface area contributed by atoms with E-state index in [1.807, 2.05) is 6.08 Å². The molecule has 0 bridgehead atoms. The van der Waals surface area contributed by atoms with Crippen LogP contribution in [0.1, 0.15) is 25.7 Å². The number of unbranched alkanes of at least 4 members (excludes halogenated alkanes) is 2. The second kappa shape index (κ2) is 13.4. The van der Waals surface area contributed by atoms with Crippen molar-refractivity contribution in [2.24, 2.45) is 0 Å². The number of hydrogen-bond acceptors (Lipinski definition) is 5. The molecule has 1 N–H and O–H groups in total. The molecule has 28 heavy (non-hydrogen) atoms. The summed E-state index contributed by atoms with van der Waals surface area (Å²) in [5.74, 6) is 0.962. The molecular formula is C19H23Cl4NO4. The van der Waals surface area contributed by atoms with Crippen molar-refractivity contribution in [2.75, 3.05) is 33.0 Å². The third-order valence-electron chi connectivity index (χ3n) is 3.76. The average Bonchev–Trinajstić information content (AvgIpc) is 2.66. The highest BCUT2D eigenvalue weighted by Crippen LogP contribution is 2.37. The van der Waals surface area contributed by atoms with E-state index in [2.05, 4.69) is 5.48 Å². The van der Waals surface area contributed by atoms with E-state index >= 15 is 0 Å². The van der Waals surface area contributed by atoms with Crippen molar-refractivity contribution < 1.29 is 19.0 Å². The van der Waals surface area contributed by atoms with Crippen molar-refractivity contribution >= 4 is 46.4 Å². The first-order chi connectivity index (χ1) is 13.6. The number of halogens is 4. The molecule has 0 spiro atoms. The Hall–Kier alpha value is -0.820. The van der Waals surface area contributed by atoms with Crippen LogP contribution in [-0.4, -0.2) is 33.0 Å². The van der Waals surface area contributed by atoms with E-state index < -0.39 is 0 Å². The van der Waals surface area contributed by atoms with Gasteiger partial charge in [0.1, 0.15) is 16.8 Å². The molecule has 0 amide bonds. The summed E-state index contributed by atoms with van der Waals surface area (Å²) < 4.78 is 16.5. The standard InChI is InChI=1S/C19H23Cl4NO4/c20-16-12-15(26-11-6-18(22)23)13-17(21)19(16)27-7-2-1-3-8-28-24-14-4-9-25-10-5-14/h4,6,12-13,24H,1-3,5,7-11H2. The second-order valence-corrected chi connectivity index (χ2v) is 7.76. The Morgan fingerprint density at radius 3 is 2.50 bits per heavy atom. The van der Waals surface area contributed by atoms with Gasteiger partial charge in [-0.2, -0.15) is 0 Å². The van der Waals surface area contributed by atoms with Gasteiger partial charge < -0.3 is 14.2 Å². The monoisotopic (exact) mass is 469 g/mol. The zero-order valence-corrected chi connectivity index (χ0v) is 18.3. The quantitative estimate of drug-likeness (QED) is 0.297. The first-order valence-electron chi connectivity index (χ1n) is 8.96. The normalized spacial score (nSPS) is 13.6. The molecule has 1 aromatic rings. The summed E-state index contributed by atoms with van der Waals surface area (Å²) in [5, 5.41) is 0.779. The summed E-state index contributed by atoms with van der Waals surface area (Å²) in [6.45, 7) is 2.74. The van der Waals surface area contributed by atoms with Gasteiger partial charge >= 0.3 is 0 Å². The largest absolute Gasteiger partial charge is 0.490 e. The topological polar surface area (TPSA) is 49.0 Å². The molecule has 5 nitrogen and oxygen atoms in total. The second-order valence-electron chi connectivity index (χ2n) is 5.93. The first kappa shape index (κ1) is 23.5. The lowest BCUT2D eigenvalue weighted by atomic mass is 10.2. The molecule has 2 rings (SSSR count). The summed E-state index contributed by atoms with van der Waals surface area (Å²) >= 11 is 23.5. The van der Waals surface area contributed by atoms with Crippen molar-refractivity contribution in [1.82, 2.24) is 5.48 Å². The minimum absolute atomic E-state index is 0.138. The molecule has 0 fully saturated rings. The SMILES string of the molecule is ClC(Cl)=CCOc1cc(Cl)c(OCCCCCONC2=CCOCC2)c(Cl)c1. The molecule has 0 aliphatic carbocycles. The van der Waals surface area contributed by atoms with E-state index in [0.29, 0.717) is 41.4 Å². The van der Waals surface area contributed by atoms with Crippen molar-refractivity contribution in [3.05, 3.63) is 44.5 Å². The van der Waals surface area contributed by atoms with Gasteiger partial charge in [-0.3, -0.25) is 10.3 Å². The summed E-state index contributed by atoms with van der Waals surface area (Å²) in [5.41, 5.74) is 4.04. The summed E-state index contributed by atoms with van der Waals surface area (Å²) in [6, 6.07) is 3.28. The number of hydroxylamine groups is 1. The van der Waals surface area contributed by atoms with Crippen LogP contribution in [-0.2, 0) is 9.57 Å². The zero-order valence-electron chi connectivity index (χ0n) is 15.3. The van der Waals surface area contributed by atoms with Gasteiger partial charge in [-0.1, -0.05) is 46.4 Å². The molecule has 0 radical (unpaired) electrons. The van der Waals surface area contributed by atoms with E-state index in [9.17, 15) is 0 Å². The van der Waals surface area contributed by atoms with Gasteiger partial charge in [-0.05, 0) is 31.4 Å². The van der Waals surface area contributed by atoms with Crippen molar-refractivity contribution in [2.45, 2.75) is 25.7 Å². The molecule has 1 aromatic carbocycles. The van der Waals surface area contributed by atoms with E-state index in [1.165, 1.54) is 6.08 Å². The predicted octanol–water partition coefficient (Wildman–Crippen LogP) is 6.07. The Labute approximate surface area is 185 Å². The van der Waals surface area contributed by atoms with Crippen LogP contribution >= 0.6 is 46.4 Å². The number of benzene rings is 1. The van der Waals surface area contributed by atoms with E-state index in [1.54, 1.807) is 12.1 Å². The molecule has 1 heterocycles. The van der Waals surface area contributed by atoms with Gasteiger partial charge in [-0.15, -0.1) is 0 Å². The molecule has 0 saturated heterocycles. The molecule has 0 unspecified atom stereocenters. The summed E-state index contributed by atoms with van der Waals surface area (Å²) in [4.78, 5) is 5.44. The summed E-state index contributed by atoms with van der Waals surface area (Å²) in [7, 11) is 0. The number of rotatable bonds is 12. The Bertz CT molecular complexity index is 655. The molecule has 1 aliphatic heterocycles. The minimum Gasteiger partial charge on any atom is -0.490 e. The Morgan fingerprint density at radius 2 is 1.82 bits per heavy atom. The van der Waals surface area contributed by atoms with Crippen molar-refractivity contribution in [3.8, 4) is 11.5 Å². The van der Waals surface area contributed by atoms with Crippen LogP contribution in [0.15, 0.2) is 34.5 Å². The zero-order chi connectivity index (χ0) is 20.2. The van der Waals surface area contributed by atoms with Crippen molar-refractivity contribution in [3.63, 3.8) is 0 Å². The summed E-state index contributed by atoms with van der Waals surface area (Å²) in [6.07, 6.45) is 7.12. The number of hydrogen-bond donors (Lipinski definition) is 1. The van der Waals surface area contributed by atoms with Crippen LogP contribution in [0.5, 0.6) is 11.5 Å². The van der Waals surface area contributed by atoms with Crippen LogP contribution in [0.3, 0.4) is 0 Å². The lowest BCUT2D eigenvalue weighted by Gasteiger charge is -2.15. The van der Waals surface area contributed by atoms with Crippen LogP contribution in [0.2, 0.25) is 10.0 Å². The van der Waals surface area contributed by atoms with Gasteiger partial charge in [0.15, 0.2) is 5.75 Å². The first-order valence-corrected chi connectivity index (χ1v) is 10.5. The highest BCUT2D eigenvalue weighted by molar-refractivity contribution is 6.55. The smallest absolute Gasteiger partial charge is 0.156 e. The van der Waals surface area contributed by atoms with Gasteiger partial charge in [-0.25, -0.2) is 0 Å². The van der Waals surface area contributed by atoms with Crippen LogP contribution in [0.25, 0.3) is 0 Å². The lowest BCUT2D eigenvalue weighted by molar-refractivity contribution is 0.0474. The molecular weight excluding hydrogens is 448 g/mol. The lowest BCUT2D eigenvalue weighted by Crippen LogP contribution is -2.19. The van der Waals surface area contributed by atoms with Crippen LogP contribution in [0, 0.1) is 0 Å². The molecule has 0 saturated carbocycles. The fraction of sp³-hybridized carbons (Fsp3) is 0.474. The number of ether oxygens (including phenoxy) is 3. The number of nitrogens with one attached hydrogen (secondary N) is 1. The van der Waals surface area contributed by atoms with Crippen molar-refractivity contribution in [1.29, 1.82) is 0 Å². The molecule has 156 valence electrons. The fourth-order valence-electron chi connectivity index (χ4n) is 2.35. The van der Waals surface area contributed by atoms with Gasteiger partial charge in [0, 0.05) is 24.3 Å².